The number of nitrogens with one attached hydrogen (secondary N) is 3. The Balaban J connectivity index is 1.76. The summed E-state index contributed by atoms with van der Waals surface area (Å²) in [5.41, 5.74) is 1.79. The second-order valence-corrected chi connectivity index (χ2v) is 9.83. The average Bonchev–Trinajstić information content (AvgIpc) is 2.60. The zero-order valence-electron chi connectivity index (χ0n) is 17.3. The predicted octanol–water partition coefficient (Wildman–Crippen LogP) is 5.17. The lowest BCUT2D eigenvalue weighted by molar-refractivity contribution is 0.103. The number of benzene rings is 2. The maximum absolute atomic E-state index is 13.0. The Morgan fingerprint density at radius 2 is 1.69 bits per heavy atom. The lowest BCUT2D eigenvalue weighted by Gasteiger charge is -2.46. The summed E-state index contributed by atoms with van der Waals surface area (Å²) in [5, 5.41) is 11.3. The van der Waals surface area contributed by atoms with Crippen molar-refractivity contribution in [3.8, 4) is 0 Å². The van der Waals surface area contributed by atoms with E-state index < -0.39 is 0 Å². The van der Waals surface area contributed by atoms with Gasteiger partial charge in [-0.05, 0) is 71.0 Å². The number of carbonyl (C=O) groups is 1. The van der Waals surface area contributed by atoms with Crippen molar-refractivity contribution in [2.75, 3.05) is 5.32 Å². The van der Waals surface area contributed by atoms with Crippen LogP contribution in [0.1, 0.15) is 56.5 Å². The van der Waals surface area contributed by atoms with Crippen LogP contribution in [0.3, 0.4) is 0 Å². The first-order chi connectivity index (χ1) is 13.5. The Hall–Kier alpha value is -1.95. The van der Waals surface area contributed by atoms with Gasteiger partial charge in [-0.25, -0.2) is 0 Å². The maximum atomic E-state index is 13.0. The third-order valence-corrected chi connectivity index (χ3v) is 5.49. The van der Waals surface area contributed by atoms with Gasteiger partial charge in [-0.1, -0.05) is 41.9 Å². The highest BCUT2D eigenvalue weighted by molar-refractivity contribution is 7.80. The monoisotopic (exact) mass is 429 g/mol. The molecule has 2 aromatic rings. The molecule has 0 aliphatic carbocycles. The molecule has 154 valence electrons. The number of hydrogen-bond acceptors (Lipinski definition) is 3. The first-order valence-corrected chi connectivity index (χ1v) is 10.6. The molecule has 0 aromatic heterocycles. The fraction of sp³-hybridized carbons (Fsp3) is 0.391. The number of hydrogen-bond donors (Lipinski definition) is 3. The molecular weight excluding hydrogens is 402 g/mol. The van der Waals surface area contributed by atoms with E-state index in [0.717, 1.165) is 12.8 Å². The summed E-state index contributed by atoms with van der Waals surface area (Å²) >= 11 is 11.7. The second-order valence-electron chi connectivity index (χ2n) is 8.98. The van der Waals surface area contributed by atoms with Crippen molar-refractivity contribution in [1.29, 1.82) is 0 Å². The van der Waals surface area contributed by atoms with Crippen molar-refractivity contribution in [2.45, 2.75) is 57.7 Å². The van der Waals surface area contributed by atoms with E-state index in [1.54, 1.807) is 30.3 Å². The summed E-state index contributed by atoms with van der Waals surface area (Å²) in [4.78, 5) is 13.0. The van der Waals surface area contributed by atoms with Crippen molar-refractivity contribution in [1.82, 2.24) is 10.6 Å². The zero-order valence-corrected chi connectivity index (χ0v) is 18.9. The van der Waals surface area contributed by atoms with Crippen LogP contribution in [0.4, 0.5) is 5.69 Å². The highest BCUT2D eigenvalue weighted by Gasteiger charge is 2.37. The van der Waals surface area contributed by atoms with Crippen LogP contribution in [-0.4, -0.2) is 28.0 Å². The molecule has 4 nitrogen and oxygen atoms in total. The van der Waals surface area contributed by atoms with Crippen molar-refractivity contribution < 1.29 is 4.79 Å². The van der Waals surface area contributed by atoms with Crippen LogP contribution in [-0.2, 0) is 0 Å². The van der Waals surface area contributed by atoms with Crippen molar-refractivity contribution in [2.24, 2.45) is 0 Å². The first-order valence-electron chi connectivity index (χ1n) is 9.81. The Bertz CT molecular complexity index is 896. The van der Waals surface area contributed by atoms with Crippen molar-refractivity contribution in [3.05, 3.63) is 64.7 Å². The van der Waals surface area contributed by atoms with E-state index in [-0.39, 0.29) is 22.9 Å². The summed E-state index contributed by atoms with van der Waals surface area (Å²) < 4.78 is 0. The van der Waals surface area contributed by atoms with Gasteiger partial charge in [0.2, 0.25) is 0 Å². The van der Waals surface area contributed by atoms with E-state index in [0.29, 0.717) is 26.9 Å². The minimum absolute atomic E-state index is 0.0176. The first kappa shape index (κ1) is 21.8. The Morgan fingerprint density at radius 1 is 1.07 bits per heavy atom. The van der Waals surface area contributed by atoms with Gasteiger partial charge >= 0.3 is 0 Å². The topological polar surface area (TPSA) is 53.2 Å². The van der Waals surface area contributed by atoms with Gasteiger partial charge in [-0.3, -0.25) is 4.79 Å². The molecule has 1 aliphatic heterocycles. The highest BCUT2D eigenvalue weighted by Crippen LogP contribution is 2.29. The number of piperidine rings is 1. The van der Waals surface area contributed by atoms with Gasteiger partial charge in [0, 0.05) is 33.3 Å². The Morgan fingerprint density at radius 3 is 2.31 bits per heavy atom. The number of rotatable bonds is 4. The smallest absolute Gasteiger partial charge is 0.195 e. The zero-order chi connectivity index (χ0) is 21.2. The third-order valence-electron chi connectivity index (χ3n) is 5.04. The molecule has 0 spiro atoms. The van der Waals surface area contributed by atoms with E-state index in [4.69, 9.17) is 23.8 Å². The van der Waals surface area contributed by atoms with Crippen LogP contribution in [0.5, 0.6) is 0 Å². The van der Waals surface area contributed by atoms with Gasteiger partial charge in [0.15, 0.2) is 10.9 Å². The van der Waals surface area contributed by atoms with Crippen molar-refractivity contribution in [3.63, 3.8) is 0 Å². The molecule has 29 heavy (non-hydrogen) atoms. The molecular formula is C23H28ClN3OS. The lowest BCUT2D eigenvalue weighted by Crippen LogP contribution is -2.62. The van der Waals surface area contributed by atoms with E-state index in [1.165, 1.54) is 0 Å². The molecule has 0 radical (unpaired) electrons. The number of ketones is 1. The van der Waals surface area contributed by atoms with Gasteiger partial charge in [0.1, 0.15) is 0 Å². The van der Waals surface area contributed by atoms with Crippen LogP contribution in [0.25, 0.3) is 0 Å². The standard InChI is InChI=1S/C23H28ClN3OS/c1-22(2)13-17(14-23(3,4)27-22)25-21(29)26-19-11-10-16(24)12-18(19)20(28)15-8-6-5-7-9-15/h5-12,17,27H,13-14H2,1-4H3,(H2,25,26,29). The van der Waals surface area contributed by atoms with Crippen LogP contribution in [0, 0.1) is 0 Å². The summed E-state index contributed by atoms with van der Waals surface area (Å²) in [5.74, 6) is -0.0949. The van der Waals surface area contributed by atoms with Crippen LogP contribution < -0.4 is 16.0 Å². The highest BCUT2D eigenvalue weighted by atomic mass is 35.5. The molecule has 1 saturated heterocycles. The van der Waals surface area contributed by atoms with Gasteiger partial charge in [0.05, 0.1) is 5.69 Å². The maximum Gasteiger partial charge on any atom is 0.195 e. The second kappa shape index (κ2) is 8.42. The Kier molecular flexibility index (Phi) is 6.32. The van der Waals surface area contributed by atoms with E-state index >= 15 is 0 Å². The molecule has 1 fully saturated rings. The van der Waals surface area contributed by atoms with E-state index in [1.807, 2.05) is 18.2 Å². The predicted molar refractivity (Wildman–Crippen MR) is 125 cm³/mol. The summed E-state index contributed by atoms with van der Waals surface area (Å²) in [7, 11) is 0. The molecule has 0 saturated carbocycles. The van der Waals surface area contributed by atoms with Crippen LogP contribution >= 0.6 is 23.8 Å². The average molecular weight is 430 g/mol. The summed E-state index contributed by atoms with van der Waals surface area (Å²) in [6.07, 6.45) is 1.91. The molecule has 6 heteroatoms. The molecule has 0 unspecified atom stereocenters. The number of carbonyl (C=O) groups excluding carboxylic acids is 1. The quantitative estimate of drug-likeness (QED) is 0.462. The molecule has 2 aromatic carbocycles. The number of thiocarbonyl (C=S) groups is 1. The third kappa shape index (κ3) is 5.78. The largest absolute Gasteiger partial charge is 0.360 e. The molecule has 1 heterocycles. The summed E-state index contributed by atoms with van der Waals surface area (Å²) in [6.45, 7) is 8.81. The lowest BCUT2D eigenvalue weighted by atomic mass is 9.80. The van der Waals surface area contributed by atoms with Gasteiger partial charge in [0.25, 0.3) is 0 Å². The van der Waals surface area contributed by atoms with Crippen molar-refractivity contribution >= 4 is 40.4 Å². The van der Waals surface area contributed by atoms with Crippen LogP contribution in [0.15, 0.2) is 48.5 Å². The Labute approximate surface area is 183 Å². The molecule has 0 atom stereocenters. The van der Waals surface area contributed by atoms with Gasteiger partial charge < -0.3 is 16.0 Å². The molecule has 1 aliphatic rings. The minimum atomic E-state index is -0.0949. The molecule has 0 bridgehead atoms. The molecule has 3 rings (SSSR count). The number of halogens is 1. The molecule has 0 amide bonds. The van der Waals surface area contributed by atoms with Crippen LogP contribution in [0.2, 0.25) is 5.02 Å². The van der Waals surface area contributed by atoms with Gasteiger partial charge in [-0.15, -0.1) is 0 Å². The van der Waals surface area contributed by atoms with E-state index in [2.05, 4.69) is 43.6 Å². The van der Waals surface area contributed by atoms with Gasteiger partial charge in [-0.2, -0.15) is 0 Å². The SMILES string of the molecule is CC1(C)CC(NC(=S)Nc2ccc(Cl)cc2C(=O)c2ccccc2)CC(C)(C)N1. The normalized spacial score (nSPS) is 18.1. The fourth-order valence-corrected chi connectivity index (χ4v) is 4.78. The van der Waals surface area contributed by atoms with E-state index in [9.17, 15) is 4.79 Å². The number of anilines is 1. The molecule has 3 N–H and O–H groups in total. The summed E-state index contributed by atoms with van der Waals surface area (Å²) in [6, 6.07) is 14.6. The minimum Gasteiger partial charge on any atom is -0.360 e. The fourth-order valence-electron chi connectivity index (χ4n) is 4.33.